The third kappa shape index (κ3) is 3.36. The van der Waals surface area contributed by atoms with Gasteiger partial charge in [-0.15, -0.1) is 0 Å². The maximum absolute atomic E-state index is 10.2. The molecule has 1 unspecified atom stereocenters. The number of benzene rings is 1. The van der Waals surface area contributed by atoms with Crippen molar-refractivity contribution in [1.29, 1.82) is 0 Å². The first-order valence-electron chi connectivity index (χ1n) is 6.17. The van der Waals surface area contributed by atoms with Crippen molar-refractivity contribution in [2.45, 2.75) is 26.0 Å². The van der Waals surface area contributed by atoms with Crippen LogP contribution < -0.4 is 4.74 Å². The van der Waals surface area contributed by atoms with Crippen LogP contribution in [0, 0.1) is 0 Å². The summed E-state index contributed by atoms with van der Waals surface area (Å²) in [6, 6.07) is 5.81. The Morgan fingerprint density at radius 2 is 2.26 bits per heavy atom. The van der Waals surface area contributed by atoms with E-state index >= 15 is 0 Å². The zero-order chi connectivity index (χ0) is 13.8. The maximum Gasteiger partial charge on any atom is 0.133 e. The van der Waals surface area contributed by atoms with Crippen molar-refractivity contribution < 1.29 is 9.84 Å². The first-order valence-corrected chi connectivity index (χ1v) is 6.96. The van der Waals surface area contributed by atoms with E-state index in [1.807, 2.05) is 36.0 Å². The van der Waals surface area contributed by atoms with Gasteiger partial charge in [0.2, 0.25) is 0 Å². The van der Waals surface area contributed by atoms with Crippen LogP contribution >= 0.6 is 15.9 Å². The van der Waals surface area contributed by atoms with Gasteiger partial charge in [-0.25, -0.2) is 0 Å². The van der Waals surface area contributed by atoms with Crippen LogP contribution in [0.3, 0.4) is 0 Å². The van der Waals surface area contributed by atoms with Crippen LogP contribution in [-0.4, -0.2) is 22.0 Å². The van der Waals surface area contributed by atoms with Crippen LogP contribution in [0.15, 0.2) is 35.1 Å². The molecule has 0 amide bonds. The molecule has 0 fully saturated rings. The number of nitrogens with zero attached hydrogens (tertiary/aromatic N) is 2. The van der Waals surface area contributed by atoms with Crippen molar-refractivity contribution >= 4 is 15.9 Å². The molecule has 4 nitrogen and oxygen atoms in total. The molecular weight excluding hydrogens is 308 g/mol. The van der Waals surface area contributed by atoms with Crippen molar-refractivity contribution in [2.24, 2.45) is 0 Å². The number of aliphatic hydroxyl groups is 1. The largest absolute Gasteiger partial charge is 0.496 e. The van der Waals surface area contributed by atoms with Gasteiger partial charge < -0.3 is 9.84 Å². The first kappa shape index (κ1) is 14.1. The first-order chi connectivity index (χ1) is 9.13. The molecule has 2 aromatic rings. The molecule has 1 aromatic heterocycles. The Balaban J connectivity index is 2.10. The third-order valence-corrected chi connectivity index (χ3v) is 3.63. The van der Waals surface area contributed by atoms with Crippen molar-refractivity contribution in [3.63, 3.8) is 0 Å². The summed E-state index contributed by atoms with van der Waals surface area (Å²) in [5, 5.41) is 14.4. The normalized spacial score (nSPS) is 12.4. The van der Waals surface area contributed by atoms with Gasteiger partial charge in [0, 0.05) is 24.7 Å². The maximum atomic E-state index is 10.2. The molecule has 1 atom stereocenters. The van der Waals surface area contributed by atoms with Crippen LogP contribution in [0.2, 0.25) is 0 Å². The van der Waals surface area contributed by atoms with Crippen molar-refractivity contribution in [3.8, 4) is 5.75 Å². The number of methoxy groups -OCH3 is 1. The number of ether oxygens (including phenoxy) is 1. The summed E-state index contributed by atoms with van der Waals surface area (Å²) in [5.74, 6) is 0.789. The van der Waals surface area contributed by atoms with E-state index in [1.54, 1.807) is 13.3 Å². The van der Waals surface area contributed by atoms with Gasteiger partial charge in [0.15, 0.2) is 0 Å². The minimum Gasteiger partial charge on any atom is -0.496 e. The van der Waals surface area contributed by atoms with Crippen molar-refractivity contribution in [1.82, 2.24) is 9.78 Å². The van der Waals surface area contributed by atoms with E-state index < -0.39 is 6.10 Å². The average molecular weight is 325 g/mol. The number of hydrogen-bond donors (Lipinski definition) is 1. The van der Waals surface area contributed by atoms with Gasteiger partial charge in [0.1, 0.15) is 5.75 Å². The second-order valence-corrected chi connectivity index (χ2v) is 5.17. The smallest absolute Gasteiger partial charge is 0.133 e. The molecule has 2 rings (SSSR count). The summed E-state index contributed by atoms with van der Waals surface area (Å²) >= 11 is 3.45. The van der Waals surface area contributed by atoms with Gasteiger partial charge in [-0.05, 0) is 40.5 Å². The van der Waals surface area contributed by atoms with Crippen molar-refractivity contribution in [2.75, 3.05) is 7.11 Å². The summed E-state index contributed by atoms with van der Waals surface area (Å²) in [6.45, 7) is 2.82. The van der Waals surface area contributed by atoms with Gasteiger partial charge >= 0.3 is 0 Å². The summed E-state index contributed by atoms with van der Waals surface area (Å²) < 4.78 is 7.89. The Kier molecular flexibility index (Phi) is 4.61. The van der Waals surface area contributed by atoms with E-state index in [9.17, 15) is 5.11 Å². The zero-order valence-corrected chi connectivity index (χ0v) is 12.6. The molecule has 0 saturated carbocycles. The summed E-state index contributed by atoms with van der Waals surface area (Å²) in [4.78, 5) is 0. The number of aryl methyl sites for hydroxylation is 1. The standard InChI is InChI=1S/C14H17BrN2O2/c1-3-17-9-11(8-16-17)13(18)7-10-4-5-14(19-2)12(15)6-10/h4-6,8-9,13,18H,3,7H2,1-2H3. The number of aromatic nitrogens is 2. The fourth-order valence-corrected chi connectivity index (χ4v) is 2.49. The molecule has 0 radical (unpaired) electrons. The molecule has 0 aliphatic rings. The predicted molar refractivity (Wildman–Crippen MR) is 77.3 cm³/mol. The quantitative estimate of drug-likeness (QED) is 0.919. The lowest BCUT2D eigenvalue weighted by Gasteiger charge is -2.10. The van der Waals surface area contributed by atoms with E-state index in [2.05, 4.69) is 21.0 Å². The summed E-state index contributed by atoms with van der Waals surface area (Å²) in [6.07, 6.45) is 3.61. The molecule has 0 aliphatic heterocycles. The number of hydrogen-bond acceptors (Lipinski definition) is 3. The van der Waals surface area contributed by atoms with Crippen LogP contribution in [-0.2, 0) is 13.0 Å². The fraction of sp³-hybridized carbons (Fsp3) is 0.357. The lowest BCUT2D eigenvalue weighted by molar-refractivity contribution is 0.178. The Morgan fingerprint density at radius 3 is 2.84 bits per heavy atom. The van der Waals surface area contributed by atoms with Gasteiger partial charge in [-0.2, -0.15) is 5.10 Å². The van der Waals surface area contributed by atoms with E-state index in [4.69, 9.17) is 4.74 Å². The van der Waals surface area contributed by atoms with Gasteiger partial charge in [0.05, 0.1) is 23.9 Å². The second kappa shape index (κ2) is 6.21. The molecule has 5 heteroatoms. The Bertz CT molecular complexity index is 554. The highest BCUT2D eigenvalue weighted by Crippen LogP contribution is 2.27. The third-order valence-electron chi connectivity index (χ3n) is 3.01. The Hall–Kier alpha value is -1.33. The molecule has 0 bridgehead atoms. The van der Waals surface area contributed by atoms with E-state index in [0.29, 0.717) is 6.42 Å². The van der Waals surface area contributed by atoms with E-state index in [1.165, 1.54) is 0 Å². The van der Waals surface area contributed by atoms with Crippen LogP contribution in [0.25, 0.3) is 0 Å². The SMILES string of the molecule is CCn1cc(C(O)Cc2ccc(OC)c(Br)c2)cn1. The van der Waals surface area contributed by atoms with Crippen LogP contribution in [0.4, 0.5) is 0 Å². The summed E-state index contributed by atoms with van der Waals surface area (Å²) in [7, 11) is 1.63. The monoisotopic (exact) mass is 324 g/mol. The molecular formula is C14H17BrN2O2. The highest BCUT2D eigenvalue weighted by molar-refractivity contribution is 9.10. The molecule has 1 aromatic carbocycles. The fourth-order valence-electron chi connectivity index (χ4n) is 1.90. The minimum absolute atomic E-state index is 0.541. The highest BCUT2D eigenvalue weighted by Gasteiger charge is 2.12. The number of aliphatic hydroxyl groups excluding tert-OH is 1. The molecule has 1 N–H and O–H groups in total. The molecule has 1 heterocycles. The van der Waals surface area contributed by atoms with Crippen LogP contribution in [0.5, 0.6) is 5.75 Å². The Morgan fingerprint density at radius 1 is 1.47 bits per heavy atom. The van der Waals surface area contributed by atoms with Gasteiger partial charge in [-0.1, -0.05) is 6.07 Å². The van der Waals surface area contributed by atoms with Gasteiger partial charge in [-0.3, -0.25) is 4.68 Å². The average Bonchev–Trinajstić information content (AvgIpc) is 2.88. The topological polar surface area (TPSA) is 47.3 Å². The van der Waals surface area contributed by atoms with E-state index in [-0.39, 0.29) is 0 Å². The molecule has 102 valence electrons. The number of halogens is 1. The lowest BCUT2D eigenvalue weighted by atomic mass is 10.0. The number of rotatable bonds is 5. The van der Waals surface area contributed by atoms with Gasteiger partial charge in [0.25, 0.3) is 0 Å². The molecule has 0 aliphatic carbocycles. The molecule has 0 spiro atoms. The molecule has 19 heavy (non-hydrogen) atoms. The highest BCUT2D eigenvalue weighted by atomic mass is 79.9. The second-order valence-electron chi connectivity index (χ2n) is 4.32. The minimum atomic E-state index is -0.541. The lowest BCUT2D eigenvalue weighted by Crippen LogP contribution is -2.01. The zero-order valence-electron chi connectivity index (χ0n) is 11.0. The molecule has 0 saturated heterocycles. The predicted octanol–water partition coefficient (Wildman–Crippen LogP) is 2.95. The summed E-state index contributed by atoms with van der Waals surface area (Å²) in [5.41, 5.74) is 1.89. The van der Waals surface area contributed by atoms with E-state index in [0.717, 1.165) is 27.9 Å². The van der Waals surface area contributed by atoms with Crippen LogP contribution in [0.1, 0.15) is 24.2 Å². The van der Waals surface area contributed by atoms with Crippen molar-refractivity contribution in [3.05, 3.63) is 46.2 Å². The Labute approximate surface area is 121 Å².